The third-order valence-corrected chi connectivity index (χ3v) is 2.19. The molecule has 0 amide bonds. The number of rotatable bonds is 5. The Hall–Kier alpha value is -1.62. The number of nitro groups is 1. The number of nitrogens with one attached hydrogen (secondary N) is 1. The first-order valence-electron chi connectivity index (χ1n) is 5.11. The van der Waals surface area contributed by atoms with Gasteiger partial charge in [-0.15, -0.1) is 0 Å². The first-order chi connectivity index (χ1) is 7.54. The molecule has 5 nitrogen and oxygen atoms in total. The van der Waals surface area contributed by atoms with Crippen molar-refractivity contribution in [2.45, 2.75) is 20.0 Å². The van der Waals surface area contributed by atoms with Gasteiger partial charge in [0.15, 0.2) is 0 Å². The molecule has 0 heterocycles. The molecule has 0 radical (unpaired) electrons. The van der Waals surface area contributed by atoms with Crippen LogP contribution in [0.4, 0.5) is 5.69 Å². The summed E-state index contributed by atoms with van der Waals surface area (Å²) in [6.45, 7) is 4.47. The fourth-order valence-electron chi connectivity index (χ4n) is 1.43. The second kappa shape index (κ2) is 5.46. The first kappa shape index (κ1) is 12.4. The van der Waals surface area contributed by atoms with Crippen molar-refractivity contribution >= 4 is 5.69 Å². The van der Waals surface area contributed by atoms with E-state index in [-0.39, 0.29) is 11.8 Å². The summed E-state index contributed by atoms with van der Waals surface area (Å²) in [6.07, 6.45) is 0.0326. The standard InChI is InChI=1S/C11H16N2O3/c1-8-6-10(13(14)15)4-5-11(8)16-9(2)7-12-3/h4-6,9,12H,7H2,1-3H3. The predicted octanol–water partition coefficient (Wildman–Crippen LogP) is 1.89. The molecule has 0 bridgehead atoms. The molecule has 0 aliphatic heterocycles. The molecule has 1 N–H and O–H groups in total. The maximum absolute atomic E-state index is 10.5. The van der Waals surface area contributed by atoms with Crippen LogP contribution in [0.2, 0.25) is 0 Å². The summed E-state index contributed by atoms with van der Waals surface area (Å²) in [5.41, 5.74) is 0.864. The zero-order valence-corrected chi connectivity index (χ0v) is 9.69. The average molecular weight is 224 g/mol. The maximum atomic E-state index is 10.5. The topological polar surface area (TPSA) is 64.4 Å². The molecule has 1 rings (SSSR count). The van der Waals surface area contributed by atoms with Crippen LogP contribution in [-0.4, -0.2) is 24.6 Å². The zero-order valence-electron chi connectivity index (χ0n) is 9.69. The molecule has 0 fully saturated rings. The lowest BCUT2D eigenvalue weighted by Gasteiger charge is -2.15. The van der Waals surface area contributed by atoms with Crippen LogP contribution >= 0.6 is 0 Å². The monoisotopic (exact) mass is 224 g/mol. The van der Waals surface area contributed by atoms with Gasteiger partial charge in [0.05, 0.1) is 4.92 Å². The van der Waals surface area contributed by atoms with Crippen LogP contribution in [-0.2, 0) is 0 Å². The SMILES string of the molecule is CNCC(C)Oc1ccc([N+](=O)[O-])cc1C. The Balaban J connectivity index is 2.79. The molecule has 1 unspecified atom stereocenters. The van der Waals surface area contributed by atoms with E-state index in [2.05, 4.69) is 5.32 Å². The highest BCUT2D eigenvalue weighted by atomic mass is 16.6. The van der Waals surface area contributed by atoms with Gasteiger partial charge in [0.2, 0.25) is 0 Å². The maximum Gasteiger partial charge on any atom is 0.269 e. The van der Waals surface area contributed by atoms with Crippen LogP contribution in [0.25, 0.3) is 0 Å². The van der Waals surface area contributed by atoms with Crippen LogP contribution in [0.15, 0.2) is 18.2 Å². The number of aryl methyl sites for hydroxylation is 1. The van der Waals surface area contributed by atoms with Crippen LogP contribution in [0, 0.1) is 17.0 Å². The van der Waals surface area contributed by atoms with E-state index in [9.17, 15) is 10.1 Å². The predicted molar refractivity (Wildman–Crippen MR) is 61.9 cm³/mol. The van der Waals surface area contributed by atoms with Gasteiger partial charge in [-0.3, -0.25) is 10.1 Å². The number of benzene rings is 1. The summed E-state index contributed by atoms with van der Waals surface area (Å²) in [5, 5.41) is 13.5. The molecular formula is C11H16N2O3. The number of hydrogen-bond acceptors (Lipinski definition) is 4. The van der Waals surface area contributed by atoms with E-state index in [1.54, 1.807) is 13.0 Å². The minimum absolute atomic E-state index is 0.0326. The Morgan fingerprint density at radius 2 is 2.25 bits per heavy atom. The molecule has 0 aliphatic rings. The van der Waals surface area contributed by atoms with Gasteiger partial charge in [-0.2, -0.15) is 0 Å². The molecule has 1 aromatic carbocycles. The highest BCUT2D eigenvalue weighted by molar-refractivity contribution is 5.43. The van der Waals surface area contributed by atoms with Crippen LogP contribution < -0.4 is 10.1 Å². The Morgan fingerprint density at radius 1 is 1.56 bits per heavy atom. The largest absolute Gasteiger partial charge is 0.489 e. The molecule has 0 saturated heterocycles. The lowest BCUT2D eigenvalue weighted by Crippen LogP contribution is -2.26. The van der Waals surface area contributed by atoms with Crippen LogP contribution in [0.3, 0.4) is 0 Å². The van der Waals surface area contributed by atoms with Crippen molar-refractivity contribution in [3.63, 3.8) is 0 Å². The normalized spacial score (nSPS) is 12.2. The van der Waals surface area contributed by atoms with Gasteiger partial charge in [0.25, 0.3) is 5.69 Å². The number of ether oxygens (including phenoxy) is 1. The minimum Gasteiger partial charge on any atom is -0.489 e. The van der Waals surface area contributed by atoms with Crippen molar-refractivity contribution in [1.29, 1.82) is 0 Å². The fourth-order valence-corrected chi connectivity index (χ4v) is 1.43. The Morgan fingerprint density at radius 3 is 2.75 bits per heavy atom. The lowest BCUT2D eigenvalue weighted by atomic mass is 10.2. The van der Waals surface area contributed by atoms with E-state index in [1.165, 1.54) is 12.1 Å². The summed E-state index contributed by atoms with van der Waals surface area (Å²) in [7, 11) is 1.85. The van der Waals surface area contributed by atoms with Gasteiger partial charge in [-0.25, -0.2) is 0 Å². The zero-order chi connectivity index (χ0) is 12.1. The van der Waals surface area contributed by atoms with Gasteiger partial charge in [-0.05, 0) is 32.5 Å². The quantitative estimate of drug-likeness (QED) is 0.612. The van der Waals surface area contributed by atoms with E-state index < -0.39 is 4.92 Å². The third-order valence-electron chi connectivity index (χ3n) is 2.19. The van der Waals surface area contributed by atoms with Gasteiger partial charge in [0.1, 0.15) is 11.9 Å². The van der Waals surface area contributed by atoms with E-state index in [0.717, 1.165) is 12.1 Å². The number of hydrogen-bond donors (Lipinski definition) is 1. The number of nitrogens with zero attached hydrogens (tertiary/aromatic N) is 1. The number of nitro benzene ring substituents is 1. The molecule has 16 heavy (non-hydrogen) atoms. The van der Waals surface area contributed by atoms with Crippen molar-refractivity contribution < 1.29 is 9.66 Å². The number of non-ortho nitro benzene ring substituents is 1. The molecule has 5 heteroatoms. The van der Waals surface area contributed by atoms with Crippen LogP contribution in [0.5, 0.6) is 5.75 Å². The van der Waals surface area contributed by atoms with E-state index in [0.29, 0.717) is 5.75 Å². The van der Waals surface area contributed by atoms with Crippen LogP contribution in [0.1, 0.15) is 12.5 Å². The second-order valence-corrected chi connectivity index (χ2v) is 3.69. The fraction of sp³-hybridized carbons (Fsp3) is 0.455. The third kappa shape index (κ3) is 3.20. The van der Waals surface area contributed by atoms with Crippen molar-refractivity contribution in [2.75, 3.05) is 13.6 Å². The van der Waals surface area contributed by atoms with E-state index in [4.69, 9.17) is 4.74 Å². The first-order valence-corrected chi connectivity index (χ1v) is 5.11. The molecular weight excluding hydrogens is 208 g/mol. The molecule has 0 aliphatic carbocycles. The smallest absolute Gasteiger partial charge is 0.269 e. The van der Waals surface area contributed by atoms with Crippen molar-refractivity contribution in [3.8, 4) is 5.75 Å². The summed E-state index contributed by atoms with van der Waals surface area (Å²) in [6, 6.07) is 4.61. The minimum atomic E-state index is -0.409. The van der Waals surface area contributed by atoms with Crippen molar-refractivity contribution in [2.24, 2.45) is 0 Å². The molecule has 0 spiro atoms. The Labute approximate surface area is 94.6 Å². The number of likely N-dealkylation sites (N-methyl/N-ethyl adjacent to an activating group) is 1. The highest BCUT2D eigenvalue weighted by Gasteiger charge is 2.10. The summed E-state index contributed by atoms with van der Waals surface area (Å²) >= 11 is 0. The average Bonchev–Trinajstić information content (AvgIpc) is 2.21. The second-order valence-electron chi connectivity index (χ2n) is 3.69. The summed E-state index contributed by atoms with van der Waals surface area (Å²) in [5.74, 6) is 0.688. The highest BCUT2D eigenvalue weighted by Crippen LogP contribution is 2.23. The molecule has 88 valence electrons. The molecule has 1 atom stereocenters. The molecule has 1 aromatic rings. The van der Waals surface area contributed by atoms with Gasteiger partial charge >= 0.3 is 0 Å². The van der Waals surface area contributed by atoms with Crippen molar-refractivity contribution in [1.82, 2.24) is 5.32 Å². The molecule has 0 aromatic heterocycles. The molecule has 0 saturated carbocycles. The Kier molecular flexibility index (Phi) is 4.25. The van der Waals surface area contributed by atoms with Gasteiger partial charge in [-0.1, -0.05) is 0 Å². The Bertz CT molecular complexity index is 379. The summed E-state index contributed by atoms with van der Waals surface area (Å²) in [4.78, 5) is 10.1. The van der Waals surface area contributed by atoms with Gasteiger partial charge in [0, 0.05) is 18.7 Å². The van der Waals surface area contributed by atoms with E-state index in [1.807, 2.05) is 14.0 Å². The van der Waals surface area contributed by atoms with Gasteiger partial charge < -0.3 is 10.1 Å². The summed E-state index contributed by atoms with van der Waals surface area (Å²) < 4.78 is 5.64. The van der Waals surface area contributed by atoms with E-state index >= 15 is 0 Å². The van der Waals surface area contributed by atoms with Crippen molar-refractivity contribution in [3.05, 3.63) is 33.9 Å². The lowest BCUT2D eigenvalue weighted by molar-refractivity contribution is -0.384.